The van der Waals surface area contributed by atoms with E-state index in [0.717, 1.165) is 48.6 Å². The molecule has 1 atom stereocenters. The van der Waals surface area contributed by atoms with Crippen molar-refractivity contribution in [1.82, 2.24) is 10.2 Å². The maximum absolute atomic E-state index is 14.3. The van der Waals surface area contributed by atoms with Gasteiger partial charge in [-0.05, 0) is 24.5 Å². The lowest BCUT2D eigenvalue weighted by molar-refractivity contribution is 0.157. The van der Waals surface area contributed by atoms with Gasteiger partial charge in [0.05, 0.1) is 0 Å². The summed E-state index contributed by atoms with van der Waals surface area (Å²) < 4.78 is 15.2. The van der Waals surface area contributed by atoms with Crippen molar-refractivity contribution >= 4 is 40.7 Å². The van der Waals surface area contributed by atoms with Crippen LogP contribution in [0.3, 0.4) is 0 Å². The molecule has 1 aromatic carbocycles. The fourth-order valence-corrected chi connectivity index (χ4v) is 3.55. The minimum atomic E-state index is -0.0708. The Balaban J connectivity index is 0.00000110. The third kappa shape index (κ3) is 4.80. The Morgan fingerprint density at radius 2 is 1.90 bits per heavy atom. The maximum atomic E-state index is 14.3. The summed E-state index contributed by atoms with van der Waals surface area (Å²) in [5.41, 5.74) is 0.858. The zero-order chi connectivity index (χ0) is 13.2. The summed E-state index contributed by atoms with van der Waals surface area (Å²) in [6, 6.07) is 5.54. The van der Waals surface area contributed by atoms with Gasteiger partial charge in [0, 0.05) is 42.3 Å². The summed E-state index contributed by atoms with van der Waals surface area (Å²) >= 11 is 3.54. The topological polar surface area (TPSA) is 15.3 Å². The zero-order valence-electron chi connectivity index (χ0n) is 11.9. The summed E-state index contributed by atoms with van der Waals surface area (Å²) in [4.78, 5) is 2.44. The van der Waals surface area contributed by atoms with Crippen LogP contribution in [-0.2, 0) is 0 Å². The van der Waals surface area contributed by atoms with Crippen molar-refractivity contribution in [2.45, 2.75) is 25.3 Å². The molecule has 1 N–H and O–H groups in total. The molecule has 2 nitrogen and oxygen atoms in total. The minimum absolute atomic E-state index is 0. The second kappa shape index (κ2) is 8.68. The summed E-state index contributed by atoms with van der Waals surface area (Å²) in [6.45, 7) is 4.04. The van der Waals surface area contributed by atoms with Gasteiger partial charge in [-0.15, -0.1) is 24.8 Å². The highest BCUT2D eigenvalue weighted by Crippen LogP contribution is 2.42. The van der Waals surface area contributed by atoms with Gasteiger partial charge in [0.25, 0.3) is 0 Å². The number of halogens is 4. The number of piperazine rings is 1. The first-order chi connectivity index (χ1) is 9.25. The van der Waals surface area contributed by atoms with Gasteiger partial charge in [-0.2, -0.15) is 0 Å². The van der Waals surface area contributed by atoms with Crippen LogP contribution in [-0.4, -0.2) is 31.1 Å². The molecule has 3 rings (SSSR count). The zero-order valence-corrected chi connectivity index (χ0v) is 15.1. The van der Waals surface area contributed by atoms with Gasteiger partial charge in [0.1, 0.15) is 5.82 Å². The summed E-state index contributed by atoms with van der Waals surface area (Å²) in [5.74, 6) is 0.727. The molecule has 1 aromatic rings. The normalized spacial score (nSPS) is 20.3. The minimum Gasteiger partial charge on any atom is -0.314 e. The van der Waals surface area contributed by atoms with Gasteiger partial charge in [-0.3, -0.25) is 4.90 Å². The Hall–Kier alpha value is 0.130. The SMILES string of the molecule is Cl.Cl.Fc1cccc(Br)c1[C@H](CC1CC1)N1CCNCC1. The number of nitrogens with one attached hydrogen (secondary N) is 1. The Morgan fingerprint density at radius 1 is 1.24 bits per heavy atom. The maximum Gasteiger partial charge on any atom is 0.129 e. The molecular formula is C15H22BrCl2FN2. The van der Waals surface area contributed by atoms with Gasteiger partial charge in [0.15, 0.2) is 0 Å². The van der Waals surface area contributed by atoms with Gasteiger partial charge >= 0.3 is 0 Å². The molecule has 1 aliphatic heterocycles. The van der Waals surface area contributed by atoms with E-state index in [1.165, 1.54) is 12.8 Å². The first kappa shape index (κ1) is 19.2. The van der Waals surface area contributed by atoms with E-state index in [2.05, 4.69) is 26.1 Å². The summed E-state index contributed by atoms with van der Waals surface area (Å²) in [6.07, 6.45) is 3.73. The van der Waals surface area contributed by atoms with E-state index in [0.29, 0.717) is 0 Å². The van der Waals surface area contributed by atoms with Crippen LogP contribution < -0.4 is 5.32 Å². The lowest BCUT2D eigenvalue weighted by atomic mass is 9.98. The van der Waals surface area contributed by atoms with Gasteiger partial charge in [-0.1, -0.05) is 34.8 Å². The van der Waals surface area contributed by atoms with E-state index in [4.69, 9.17) is 0 Å². The number of hydrogen-bond acceptors (Lipinski definition) is 2. The Labute approximate surface area is 146 Å². The molecule has 1 heterocycles. The summed E-state index contributed by atoms with van der Waals surface area (Å²) in [7, 11) is 0. The van der Waals surface area contributed by atoms with Crippen molar-refractivity contribution in [1.29, 1.82) is 0 Å². The molecule has 0 radical (unpaired) electrons. The standard InChI is InChI=1S/C15H20BrFN2.2ClH/c16-12-2-1-3-13(17)15(12)14(10-11-4-5-11)19-8-6-18-7-9-19;;/h1-3,11,14,18H,4-10H2;2*1H/t14-;;/m0../s1. The molecule has 1 saturated heterocycles. The number of rotatable bonds is 4. The van der Waals surface area contributed by atoms with Gasteiger partial charge in [0.2, 0.25) is 0 Å². The van der Waals surface area contributed by atoms with E-state index < -0.39 is 0 Å². The Bertz CT molecular complexity index is 431. The van der Waals surface area contributed by atoms with E-state index >= 15 is 0 Å². The largest absolute Gasteiger partial charge is 0.314 e. The molecule has 0 spiro atoms. The van der Waals surface area contributed by atoms with Crippen molar-refractivity contribution in [3.8, 4) is 0 Å². The number of hydrogen-bond donors (Lipinski definition) is 1. The van der Waals surface area contributed by atoms with Crippen LogP contribution >= 0.6 is 40.7 Å². The van der Waals surface area contributed by atoms with Crippen LogP contribution in [0.1, 0.15) is 30.9 Å². The molecule has 0 unspecified atom stereocenters. The smallest absolute Gasteiger partial charge is 0.129 e. The van der Waals surface area contributed by atoms with Crippen molar-refractivity contribution in [3.63, 3.8) is 0 Å². The highest BCUT2D eigenvalue weighted by Gasteiger charge is 2.32. The van der Waals surface area contributed by atoms with Crippen LogP contribution in [0.15, 0.2) is 22.7 Å². The van der Waals surface area contributed by atoms with Crippen molar-refractivity contribution in [3.05, 3.63) is 34.1 Å². The molecule has 6 heteroatoms. The fourth-order valence-electron chi connectivity index (χ4n) is 2.94. The van der Waals surface area contributed by atoms with E-state index in [1.54, 1.807) is 12.1 Å². The van der Waals surface area contributed by atoms with Crippen LogP contribution in [0.4, 0.5) is 4.39 Å². The first-order valence-electron chi connectivity index (χ1n) is 7.14. The van der Waals surface area contributed by atoms with Crippen molar-refractivity contribution in [2.24, 2.45) is 5.92 Å². The third-order valence-corrected chi connectivity index (χ3v) is 4.87. The van der Waals surface area contributed by atoms with Gasteiger partial charge < -0.3 is 5.32 Å². The molecule has 0 amide bonds. The predicted molar refractivity (Wildman–Crippen MR) is 93.1 cm³/mol. The van der Waals surface area contributed by atoms with Crippen LogP contribution in [0, 0.1) is 11.7 Å². The highest BCUT2D eigenvalue weighted by atomic mass is 79.9. The second-order valence-corrected chi connectivity index (χ2v) is 6.47. The first-order valence-corrected chi connectivity index (χ1v) is 7.93. The number of benzene rings is 1. The monoisotopic (exact) mass is 398 g/mol. The average Bonchev–Trinajstić information content (AvgIpc) is 3.22. The quantitative estimate of drug-likeness (QED) is 0.816. The summed E-state index contributed by atoms with van der Waals surface area (Å²) in [5, 5.41) is 3.37. The van der Waals surface area contributed by atoms with E-state index in [1.807, 2.05) is 6.07 Å². The lowest BCUT2D eigenvalue weighted by Gasteiger charge is -2.36. The lowest BCUT2D eigenvalue weighted by Crippen LogP contribution is -2.45. The Kier molecular flexibility index (Phi) is 7.93. The molecule has 21 heavy (non-hydrogen) atoms. The van der Waals surface area contributed by atoms with E-state index in [9.17, 15) is 4.39 Å². The molecule has 0 aromatic heterocycles. The molecule has 1 aliphatic carbocycles. The highest BCUT2D eigenvalue weighted by molar-refractivity contribution is 9.10. The third-order valence-electron chi connectivity index (χ3n) is 4.18. The van der Waals surface area contributed by atoms with Gasteiger partial charge in [-0.25, -0.2) is 4.39 Å². The van der Waals surface area contributed by atoms with Crippen LogP contribution in [0.25, 0.3) is 0 Å². The molecule has 2 aliphatic rings. The molecule has 120 valence electrons. The number of nitrogens with zero attached hydrogens (tertiary/aromatic N) is 1. The van der Waals surface area contributed by atoms with Crippen molar-refractivity contribution in [2.75, 3.05) is 26.2 Å². The molecular weight excluding hydrogens is 378 g/mol. The predicted octanol–water partition coefficient (Wildman–Crippen LogP) is 4.18. The molecule has 1 saturated carbocycles. The molecule has 0 bridgehead atoms. The molecule has 2 fully saturated rings. The van der Waals surface area contributed by atoms with E-state index in [-0.39, 0.29) is 36.7 Å². The fraction of sp³-hybridized carbons (Fsp3) is 0.600. The van der Waals surface area contributed by atoms with Crippen molar-refractivity contribution < 1.29 is 4.39 Å². The average molecular weight is 400 g/mol. The second-order valence-electron chi connectivity index (χ2n) is 5.62. The Morgan fingerprint density at radius 3 is 2.48 bits per heavy atom. The van der Waals surface area contributed by atoms with Crippen LogP contribution in [0.5, 0.6) is 0 Å². The van der Waals surface area contributed by atoms with Crippen LogP contribution in [0.2, 0.25) is 0 Å².